The lowest BCUT2D eigenvalue weighted by atomic mass is 9.95. The maximum atomic E-state index is 14.1. The van der Waals surface area contributed by atoms with Crippen LogP contribution < -0.4 is 29.1 Å². The van der Waals surface area contributed by atoms with Crippen LogP contribution in [0.25, 0.3) is 6.08 Å². The number of aromatic nitrogens is 1. The van der Waals surface area contributed by atoms with Crippen molar-refractivity contribution in [1.29, 1.82) is 0 Å². The molecule has 0 fully saturated rings. The Morgan fingerprint density at radius 1 is 1.09 bits per heavy atom. The van der Waals surface area contributed by atoms with Crippen LogP contribution >= 0.6 is 84.0 Å². The first-order valence-corrected chi connectivity index (χ1v) is 17.7. The molecule has 8 nitrogen and oxygen atoms in total. The van der Waals surface area contributed by atoms with Gasteiger partial charge in [-0.25, -0.2) is 9.79 Å². The Hall–Kier alpha value is -2.40. The SMILES string of the molecule is CCOC(=O)C1=C(C)N=c2s/c(=C\c3cc(I)c(OCc4ccc(Cl)cc4)c(I)c3)c(=O)n2[C@@H]1c1cc(OC)c(OC)cc1Br. The number of allylic oxidation sites excluding steroid dienone is 1. The first-order valence-electron chi connectivity index (χ1n) is 13.5. The molecule has 13 heteroatoms. The van der Waals surface area contributed by atoms with E-state index in [2.05, 4.69) is 66.1 Å². The maximum Gasteiger partial charge on any atom is 0.338 e. The minimum atomic E-state index is -0.819. The number of fused-ring (bicyclic) bond motifs is 1. The molecule has 0 N–H and O–H groups in total. The Labute approximate surface area is 304 Å². The Balaban J connectivity index is 1.60. The molecule has 0 saturated heterocycles. The smallest absolute Gasteiger partial charge is 0.338 e. The van der Waals surface area contributed by atoms with Gasteiger partial charge in [0, 0.05) is 9.50 Å². The van der Waals surface area contributed by atoms with Crippen molar-refractivity contribution in [2.75, 3.05) is 20.8 Å². The summed E-state index contributed by atoms with van der Waals surface area (Å²) >= 11 is 15.4. The van der Waals surface area contributed by atoms with Crippen molar-refractivity contribution in [2.45, 2.75) is 26.5 Å². The number of hydrogen-bond acceptors (Lipinski definition) is 8. The van der Waals surface area contributed by atoms with Gasteiger partial charge in [-0.15, -0.1) is 0 Å². The average Bonchev–Trinajstić information content (AvgIpc) is 3.30. The van der Waals surface area contributed by atoms with Crippen molar-refractivity contribution in [3.05, 3.63) is 113 Å². The highest BCUT2D eigenvalue weighted by atomic mass is 127. The molecule has 0 radical (unpaired) electrons. The normalized spacial score (nSPS) is 14.6. The van der Waals surface area contributed by atoms with Crippen molar-refractivity contribution in [2.24, 2.45) is 4.99 Å². The topological polar surface area (TPSA) is 88.4 Å². The van der Waals surface area contributed by atoms with Crippen LogP contribution in [0, 0.1) is 7.14 Å². The summed E-state index contributed by atoms with van der Waals surface area (Å²) in [6.45, 7) is 4.06. The van der Waals surface area contributed by atoms with Crippen molar-refractivity contribution in [1.82, 2.24) is 4.57 Å². The van der Waals surface area contributed by atoms with Gasteiger partial charge in [0.2, 0.25) is 0 Å². The molecule has 5 rings (SSSR count). The Morgan fingerprint density at radius 3 is 2.36 bits per heavy atom. The summed E-state index contributed by atoms with van der Waals surface area (Å²) in [6, 6.07) is 14.2. The van der Waals surface area contributed by atoms with Gasteiger partial charge in [-0.2, -0.15) is 0 Å². The predicted molar refractivity (Wildman–Crippen MR) is 195 cm³/mol. The number of thiazole rings is 1. The van der Waals surface area contributed by atoms with Gasteiger partial charge >= 0.3 is 5.97 Å². The molecule has 234 valence electrons. The second-order valence-electron chi connectivity index (χ2n) is 9.76. The summed E-state index contributed by atoms with van der Waals surface area (Å²) in [6.07, 6.45) is 1.83. The van der Waals surface area contributed by atoms with E-state index >= 15 is 0 Å². The van der Waals surface area contributed by atoms with Crippen molar-refractivity contribution >= 4 is 96.1 Å². The highest BCUT2D eigenvalue weighted by molar-refractivity contribution is 14.1. The Bertz CT molecular complexity index is 1990. The van der Waals surface area contributed by atoms with Gasteiger partial charge in [0.15, 0.2) is 16.3 Å². The molecule has 1 aliphatic heterocycles. The summed E-state index contributed by atoms with van der Waals surface area (Å²) in [5.41, 5.74) is 2.92. The second kappa shape index (κ2) is 14.6. The number of esters is 1. The molecule has 0 unspecified atom stereocenters. The molecular formula is C32H26BrClI2N2O6S. The number of carbonyl (C=O) groups excluding carboxylic acids is 1. The maximum absolute atomic E-state index is 14.1. The van der Waals surface area contributed by atoms with Crippen LogP contribution in [-0.4, -0.2) is 31.4 Å². The van der Waals surface area contributed by atoms with Gasteiger partial charge in [0.1, 0.15) is 12.4 Å². The number of halogens is 4. The number of carbonyl (C=O) groups is 1. The number of ether oxygens (including phenoxy) is 4. The molecule has 2 heterocycles. The van der Waals surface area contributed by atoms with E-state index in [4.69, 9.17) is 30.5 Å². The third-order valence-electron chi connectivity index (χ3n) is 6.93. The van der Waals surface area contributed by atoms with E-state index in [1.54, 1.807) is 37.7 Å². The van der Waals surface area contributed by atoms with Gasteiger partial charge < -0.3 is 18.9 Å². The Morgan fingerprint density at radius 2 is 1.73 bits per heavy atom. The molecule has 3 aromatic carbocycles. The van der Waals surface area contributed by atoms with Crippen LogP contribution in [0.5, 0.6) is 17.2 Å². The lowest BCUT2D eigenvalue weighted by Gasteiger charge is -2.26. The summed E-state index contributed by atoms with van der Waals surface area (Å²) in [7, 11) is 3.08. The van der Waals surface area contributed by atoms with Crippen LogP contribution in [-0.2, 0) is 16.1 Å². The fourth-order valence-electron chi connectivity index (χ4n) is 4.85. The molecular weight excluding hydrogens is 910 g/mol. The van der Waals surface area contributed by atoms with Gasteiger partial charge in [-0.05, 0) is 118 Å². The largest absolute Gasteiger partial charge is 0.493 e. The molecule has 0 aliphatic carbocycles. The molecule has 45 heavy (non-hydrogen) atoms. The molecule has 0 amide bonds. The van der Waals surface area contributed by atoms with Crippen LogP contribution in [0.4, 0.5) is 0 Å². The van der Waals surface area contributed by atoms with Crippen molar-refractivity contribution < 1.29 is 23.7 Å². The summed E-state index contributed by atoms with van der Waals surface area (Å²) in [5, 5.41) is 0.674. The summed E-state index contributed by atoms with van der Waals surface area (Å²) in [5.74, 6) is 1.18. The number of nitrogens with zero attached hydrogens (tertiary/aromatic N) is 2. The van der Waals surface area contributed by atoms with E-state index < -0.39 is 12.0 Å². The highest BCUT2D eigenvalue weighted by Gasteiger charge is 2.35. The van der Waals surface area contributed by atoms with Crippen LogP contribution in [0.15, 0.2) is 74.1 Å². The van der Waals surface area contributed by atoms with E-state index in [-0.39, 0.29) is 17.7 Å². The average molecular weight is 936 g/mol. The first kappa shape index (κ1) is 33.9. The summed E-state index contributed by atoms with van der Waals surface area (Å²) < 4.78 is 27.0. The van der Waals surface area contributed by atoms with Crippen molar-refractivity contribution in [3.8, 4) is 17.2 Å². The highest BCUT2D eigenvalue weighted by Crippen LogP contribution is 2.41. The number of benzene rings is 3. The molecule has 1 atom stereocenters. The minimum absolute atomic E-state index is 0.177. The molecule has 1 aliphatic rings. The third-order valence-corrected chi connectivity index (χ3v) is 10.5. The van der Waals surface area contributed by atoms with Gasteiger partial charge in [0.05, 0.1) is 49.8 Å². The predicted octanol–water partition coefficient (Wildman–Crippen LogP) is 7.02. The van der Waals surface area contributed by atoms with Gasteiger partial charge in [-0.1, -0.05) is 51.0 Å². The van der Waals surface area contributed by atoms with Crippen LogP contribution in [0.2, 0.25) is 5.02 Å². The standard InChI is InChI=1S/C32H26BrClI2N2O6S/c1-5-43-31(40)27-16(2)37-32-38(28(27)20-13-24(41-3)25(42-4)14-21(20)33)30(39)26(45-32)12-18-10-22(35)29(23(36)11-18)44-15-17-6-8-19(34)9-7-17/h6-14,28H,5,15H2,1-4H3/b26-12-/t28-/m1/s1. The van der Waals surface area contributed by atoms with Gasteiger partial charge in [0.25, 0.3) is 5.56 Å². The number of methoxy groups -OCH3 is 2. The van der Waals surface area contributed by atoms with Gasteiger partial charge in [-0.3, -0.25) is 9.36 Å². The lowest BCUT2D eigenvalue weighted by molar-refractivity contribution is -0.139. The monoisotopic (exact) mass is 934 g/mol. The molecule has 0 bridgehead atoms. The molecule has 0 saturated carbocycles. The van der Waals surface area contributed by atoms with E-state index in [1.165, 1.54) is 18.4 Å². The molecule has 1 aromatic heterocycles. The number of rotatable bonds is 9. The first-order chi connectivity index (χ1) is 21.6. The van der Waals surface area contributed by atoms with E-state index in [0.29, 0.717) is 48.2 Å². The fourth-order valence-corrected chi connectivity index (χ4v) is 8.69. The zero-order valence-corrected chi connectivity index (χ0v) is 31.9. The molecule has 4 aromatic rings. The minimum Gasteiger partial charge on any atom is -0.493 e. The van der Waals surface area contributed by atoms with Crippen LogP contribution in [0.1, 0.15) is 36.6 Å². The van der Waals surface area contributed by atoms with Crippen molar-refractivity contribution in [3.63, 3.8) is 0 Å². The summed E-state index contributed by atoms with van der Waals surface area (Å²) in [4.78, 5) is 32.6. The Kier molecular flexibility index (Phi) is 11.0. The second-order valence-corrected chi connectivity index (χ2v) is 14.4. The zero-order valence-electron chi connectivity index (χ0n) is 24.5. The quantitative estimate of drug-likeness (QED) is 0.133. The van der Waals surface area contributed by atoms with E-state index in [9.17, 15) is 9.59 Å². The fraction of sp³-hybridized carbons (Fsp3) is 0.219. The number of hydrogen-bond donors (Lipinski definition) is 0. The molecule has 0 spiro atoms. The lowest BCUT2D eigenvalue weighted by Crippen LogP contribution is -2.40. The van der Waals surface area contributed by atoms with E-state index in [0.717, 1.165) is 24.0 Å². The third kappa shape index (κ3) is 7.14. The van der Waals surface area contributed by atoms with E-state index in [1.807, 2.05) is 42.5 Å². The van der Waals surface area contributed by atoms with Crippen LogP contribution in [0.3, 0.4) is 0 Å². The zero-order chi connectivity index (χ0) is 32.4.